The van der Waals surface area contributed by atoms with E-state index in [0.29, 0.717) is 24.9 Å². The number of anilines is 2. The van der Waals surface area contributed by atoms with Crippen LogP contribution in [0.2, 0.25) is 0 Å². The zero-order valence-electron chi connectivity index (χ0n) is 55.7. The molecule has 10 heteroatoms. The van der Waals surface area contributed by atoms with Crippen LogP contribution in [0.5, 0.6) is 0 Å². The van der Waals surface area contributed by atoms with Crippen LogP contribution in [0, 0.1) is 11.8 Å². The number of nitrogens with two attached hydrogens (primary N) is 2. The highest BCUT2D eigenvalue weighted by molar-refractivity contribution is 7.31. The van der Waals surface area contributed by atoms with Crippen molar-refractivity contribution in [2.24, 2.45) is 23.3 Å². The van der Waals surface area contributed by atoms with Gasteiger partial charge in [0.1, 0.15) is 0 Å². The van der Waals surface area contributed by atoms with Crippen LogP contribution in [0.3, 0.4) is 0 Å². The third kappa shape index (κ3) is 20.4. The van der Waals surface area contributed by atoms with E-state index in [9.17, 15) is 0 Å². The van der Waals surface area contributed by atoms with E-state index in [2.05, 4.69) is 99.9 Å². The van der Waals surface area contributed by atoms with Crippen molar-refractivity contribution in [1.29, 1.82) is 0 Å². The number of rotatable bonds is 36. The number of thiophene rings is 4. The molecule has 0 saturated heterocycles. The van der Waals surface area contributed by atoms with Crippen LogP contribution in [0.25, 0.3) is 30.3 Å². The van der Waals surface area contributed by atoms with Crippen molar-refractivity contribution in [2.75, 3.05) is 22.9 Å². The molecule has 1 aromatic carbocycles. The van der Waals surface area contributed by atoms with Crippen molar-refractivity contribution in [1.82, 2.24) is 0 Å². The van der Waals surface area contributed by atoms with Gasteiger partial charge >= 0.3 is 0 Å². The lowest BCUT2D eigenvalue weighted by Gasteiger charge is -2.27. The van der Waals surface area contributed by atoms with Crippen LogP contribution in [-0.4, -0.2) is 24.9 Å². The fourth-order valence-corrected chi connectivity index (χ4v) is 19.0. The maximum absolute atomic E-state index is 15.9. The fraction of sp³-hybridized carbons (Fsp3) is 0.688. The van der Waals surface area contributed by atoms with E-state index in [1.807, 2.05) is 11.3 Å². The minimum atomic E-state index is -0.473. The summed E-state index contributed by atoms with van der Waals surface area (Å²) in [5.41, 5.74) is 16.6. The summed E-state index contributed by atoms with van der Waals surface area (Å²) < 4.78 is 2.54. The van der Waals surface area contributed by atoms with Gasteiger partial charge in [-0.1, -0.05) is 252 Å². The highest BCUT2D eigenvalue weighted by Crippen LogP contribution is 2.45. The van der Waals surface area contributed by atoms with Gasteiger partial charge in [0, 0.05) is 73.3 Å². The molecule has 0 radical (unpaired) electrons. The van der Waals surface area contributed by atoms with Gasteiger partial charge in [0.05, 0.1) is 22.5 Å². The normalized spacial score (nSPS) is 18.5. The maximum atomic E-state index is 15.9. The van der Waals surface area contributed by atoms with E-state index in [0.717, 1.165) is 86.1 Å². The fourth-order valence-electron chi connectivity index (χ4n) is 14.3. The summed E-state index contributed by atoms with van der Waals surface area (Å²) in [6, 6.07) is 18.1. The van der Waals surface area contributed by atoms with Crippen molar-refractivity contribution in [3.05, 3.63) is 78.5 Å². The molecule has 3 aliphatic rings. The second-order valence-electron chi connectivity index (χ2n) is 28.2. The van der Waals surface area contributed by atoms with Gasteiger partial charge in [-0.3, -0.25) is 9.59 Å². The molecule has 0 fully saturated rings. The lowest BCUT2D eigenvalue weighted by Crippen LogP contribution is -2.35. The predicted octanol–water partition coefficient (Wildman–Crippen LogP) is 22.5. The topological polar surface area (TPSA) is 92.7 Å². The number of benzene rings is 1. The molecule has 482 valence electrons. The molecule has 3 atom stereocenters. The Balaban J connectivity index is 1.17. The molecule has 4 aromatic heterocycles. The maximum Gasteiger partial charge on any atom is 0.260 e. The Bertz CT molecular complexity index is 2950. The average molecular weight is 1260 g/mol. The lowest BCUT2D eigenvalue weighted by atomic mass is 9.92. The molecule has 87 heavy (non-hydrogen) atoms. The third-order valence-electron chi connectivity index (χ3n) is 19.8. The Morgan fingerprint density at radius 2 is 0.989 bits per heavy atom. The van der Waals surface area contributed by atoms with Gasteiger partial charge in [0.15, 0.2) is 0 Å². The van der Waals surface area contributed by atoms with Gasteiger partial charge in [-0.05, 0) is 113 Å². The molecule has 0 spiro atoms. The molecule has 0 saturated carbocycles. The van der Waals surface area contributed by atoms with Gasteiger partial charge in [0.25, 0.3) is 11.8 Å². The van der Waals surface area contributed by atoms with Gasteiger partial charge < -0.3 is 21.3 Å². The molecule has 3 aliphatic heterocycles. The van der Waals surface area contributed by atoms with Crippen molar-refractivity contribution < 1.29 is 9.59 Å². The first kappa shape index (κ1) is 69.8. The molecule has 6 nitrogen and oxygen atoms in total. The SMILES string of the molecule is CCCCCCCCCCCCC1CCCCCCCCCCC(C)(N)c2ccc(s2)C2=c3cc4c(cc3N(CC(CCCCCCCCCC)CCCCCCCCCCCC)C2=O)=C(c2ccc(-c3cc5sc(C(C)(C)N)cc5s3)s2)C(=O)N4C1. The van der Waals surface area contributed by atoms with Crippen LogP contribution >= 0.6 is 45.3 Å². The summed E-state index contributed by atoms with van der Waals surface area (Å²) in [6.07, 6.45) is 52.4. The molecule has 0 aliphatic carbocycles. The quantitative estimate of drug-likeness (QED) is 0.0391. The van der Waals surface area contributed by atoms with Gasteiger partial charge in [0.2, 0.25) is 0 Å². The molecule has 4 bridgehead atoms. The minimum Gasteiger partial charge on any atom is -0.321 e. The zero-order valence-corrected chi connectivity index (χ0v) is 58.9. The summed E-state index contributed by atoms with van der Waals surface area (Å²) in [5.74, 6) is 1.06. The first-order valence-corrected chi connectivity index (χ1v) is 39.5. The molecular formula is C77H118N4O2S4. The first-order valence-electron chi connectivity index (χ1n) is 36.2. The minimum absolute atomic E-state index is 0.124. The molecule has 3 unspecified atom stereocenters. The Morgan fingerprint density at radius 1 is 0.517 bits per heavy atom. The molecule has 5 aromatic rings. The van der Waals surface area contributed by atoms with E-state index >= 15 is 9.59 Å². The number of amides is 2. The molecular weight excluding hydrogens is 1140 g/mol. The summed E-state index contributed by atoms with van der Waals surface area (Å²) in [4.78, 5) is 43.0. The van der Waals surface area contributed by atoms with Crippen LogP contribution in [0.1, 0.15) is 324 Å². The average Bonchev–Trinajstić information content (AvgIpc) is 1.70. The Labute approximate surface area is 545 Å². The second kappa shape index (κ2) is 36.2. The van der Waals surface area contributed by atoms with E-state index < -0.39 is 5.54 Å². The highest BCUT2D eigenvalue weighted by Gasteiger charge is 2.39. The summed E-state index contributed by atoms with van der Waals surface area (Å²) in [6.45, 7) is 14.7. The largest absolute Gasteiger partial charge is 0.321 e. The van der Waals surface area contributed by atoms with E-state index in [-0.39, 0.29) is 17.4 Å². The smallest absolute Gasteiger partial charge is 0.260 e. The number of unbranched alkanes of at least 4 members (excludes halogenated alkanes) is 25. The number of carbonyl (C=O) groups is 2. The Morgan fingerprint density at radius 3 is 1.56 bits per heavy atom. The van der Waals surface area contributed by atoms with E-state index in [1.54, 1.807) is 34.0 Å². The highest BCUT2D eigenvalue weighted by atomic mass is 32.1. The van der Waals surface area contributed by atoms with Crippen LogP contribution in [-0.2, 0) is 20.7 Å². The molecule has 7 heterocycles. The zero-order chi connectivity index (χ0) is 61.4. The van der Waals surface area contributed by atoms with Crippen molar-refractivity contribution in [3.8, 4) is 9.75 Å². The van der Waals surface area contributed by atoms with E-state index in [4.69, 9.17) is 11.5 Å². The Hall–Kier alpha value is -3.12. The predicted molar refractivity (Wildman–Crippen MR) is 385 cm³/mol. The molecule has 2 amide bonds. The van der Waals surface area contributed by atoms with Gasteiger partial charge in [-0.25, -0.2) is 0 Å². The molecule has 8 rings (SSSR count). The number of hydrogen-bond donors (Lipinski definition) is 2. The van der Waals surface area contributed by atoms with Gasteiger partial charge in [-0.2, -0.15) is 0 Å². The Kier molecular flexibility index (Phi) is 29.0. The van der Waals surface area contributed by atoms with Crippen molar-refractivity contribution >= 4 is 89.1 Å². The number of hydrogen-bond acceptors (Lipinski definition) is 8. The summed E-state index contributed by atoms with van der Waals surface area (Å²) in [5, 5.41) is 2.00. The lowest BCUT2D eigenvalue weighted by molar-refractivity contribution is -0.114. The van der Waals surface area contributed by atoms with Gasteiger partial charge in [-0.15, -0.1) is 45.3 Å². The third-order valence-corrected chi connectivity index (χ3v) is 25.2. The van der Waals surface area contributed by atoms with Crippen LogP contribution in [0.4, 0.5) is 11.4 Å². The summed E-state index contributed by atoms with van der Waals surface area (Å²) in [7, 11) is 0. The monoisotopic (exact) mass is 1260 g/mol. The number of nitrogens with zero attached hydrogens (tertiary/aromatic N) is 2. The standard InChI is InChI=1S/C77H118N4O2S4/c1-7-10-13-16-19-22-24-29-34-39-44-58-45-41-36-31-26-27-32-37-42-51-77(6,79)70-50-49-66(86-70)73-61-53-62-60(72(74(82)80(62)56-58)65-48-47-64(84-65)67-54-68-69(85-67)55-71(87-68)76(4,5)78)52-63(61)81(75(73)83)57-59(43-38-33-28-21-18-15-12-9-3)46-40-35-30-25-23-20-17-14-11-8-2/h47-50,52-55,58-59H,7-46,51,56-57,78-79H2,1-6H3. The number of carbonyl (C=O) groups excluding carboxylic acids is 2. The first-order chi connectivity index (χ1) is 42.3. The van der Waals surface area contributed by atoms with Crippen LogP contribution < -0.4 is 31.7 Å². The molecule has 4 N–H and O–H groups in total. The van der Waals surface area contributed by atoms with E-state index in [1.165, 1.54) is 249 Å². The van der Waals surface area contributed by atoms with Crippen molar-refractivity contribution in [2.45, 2.75) is 316 Å². The second-order valence-corrected chi connectivity index (χ2v) is 32.5. The summed E-state index contributed by atoms with van der Waals surface area (Å²) >= 11 is 7.11. The van der Waals surface area contributed by atoms with Crippen LogP contribution in [0.15, 0.2) is 48.5 Å². The number of fused-ring (bicyclic) bond motifs is 4. The van der Waals surface area contributed by atoms with Crippen molar-refractivity contribution in [3.63, 3.8) is 0 Å².